The van der Waals surface area contributed by atoms with Gasteiger partial charge in [-0.15, -0.1) is 11.6 Å². The molecule has 3 aliphatic rings. The molecule has 3 aliphatic carbocycles. The van der Waals surface area contributed by atoms with E-state index in [1.807, 2.05) is 0 Å². The van der Waals surface area contributed by atoms with Crippen molar-refractivity contribution in [3.63, 3.8) is 0 Å². The summed E-state index contributed by atoms with van der Waals surface area (Å²) in [5.74, 6) is 4.12. The zero-order valence-corrected chi connectivity index (χ0v) is 7.56. The van der Waals surface area contributed by atoms with E-state index in [1.165, 1.54) is 32.1 Å². The molecule has 62 valence electrons. The molecular formula is C10H15Cl. The molecule has 11 heavy (non-hydrogen) atoms. The first-order chi connectivity index (χ1) is 5.36. The second kappa shape index (κ2) is 2.16. The van der Waals surface area contributed by atoms with Crippen LogP contribution in [-0.2, 0) is 0 Å². The van der Waals surface area contributed by atoms with Crippen molar-refractivity contribution < 1.29 is 0 Å². The average molecular weight is 171 g/mol. The van der Waals surface area contributed by atoms with Gasteiger partial charge in [0.15, 0.2) is 0 Å². The molecule has 0 nitrogen and oxygen atoms in total. The molecule has 0 saturated heterocycles. The summed E-state index contributed by atoms with van der Waals surface area (Å²) in [5, 5.41) is 0.555. The fourth-order valence-electron chi connectivity index (χ4n) is 3.98. The van der Waals surface area contributed by atoms with Crippen molar-refractivity contribution >= 4 is 11.6 Å². The van der Waals surface area contributed by atoms with Gasteiger partial charge in [-0.25, -0.2) is 0 Å². The lowest BCUT2D eigenvalue weighted by molar-refractivity contribution is 0.263. The number of halogens is 1. The summed E-state index contributed by atoms with van der Waals surface area (Å²) in [6.07, 6.45) is 7.33. The van der Waals surface area contributed by atoms with Crippen molar-refractivity contribution in [3.8, 4) is 0 Å². The Kier molecular flexibility index (Phi) is 1.33. The number of hydrogen-bond acceptors (Lipinski definition) is 0. The topological polar surface area (TPSA) is 0 Å². The molecular weight excluding hydrogens is 156 g/mol. The highest BCUT2D eigenvalue weighted by Gasteiger charge is 2.53. The number of alkyl halides is 1. The van der Waals surface area contributed by atoms with Crippen molar-refractivity contribution in [2.75, 3.05) is 0 Å². The molecule has 1 heteroatoms. The van der Waals surface area contributed by atoms with Crippen LogP contribution in [0.2, 0.25) is 0 Å². The van der Waals surface area contributed by atoms with E-state index in [-0.39, 0.29) is 0 Å². The van der Waals surface area contributed by atoms with Gasteiger partial charge in [-0.05, 0) is 49.4 Å². The van der Waals surface area contributed by atoms with Crippen LogP contribution >= 0.6 is 11.6 Å². The maximum absolute atomic E-state index is 6.28. The van der Waals surface area contributed by atoms with Gasteiger partial charge in [0.2, 0.25) is 0 Å². The predicted molar refractivity (Wildman–Crippen MR) is 46.7 cm³/mol. The van der Waals surface area contributed by atoms with Gasteiger partial charge in [0.05, 0.1) is 0 Å². The molecule has 0 aliphatic heterocycles. The van der Waals surface area contributed by atoms with E-state index in [4.69, 9.17) is 11.6 Å². The molecule has 0 aromatic carbocycles. The second-order valence-electron chi connectivity index (χ2n) is 4.67. The Morgan fingerprint density at radius 2 is 1.73 bits per heavy atom. The third-order valence-corrected chi connectivity index (χ3v) is 4.85. The van der Waals surface area contributed by atoms with Crippen LogP contribution in [0.15, 0.2) is 0 Å². The van der Waals surface area contributed by atoms with Crippen LogP contribution in [-0.4, -0.2) is 5.38 Å². The highest BCUT2D eigenvalue weighted by Crippen LogP contribution is 2.59. The Morgan fingerprint density at radius 1 is 0.909 bits per heavy atom. The molecule has 3 rings (SSSR count). The monoisotopic (exact) mass is 170 g/mol. The minimum atomic E-state index is 0.555. The van der Waals surface area contributed by atoms with Gasteiger partial charge in [0.25, 0.3) is 0 Å². The molecule has 0 aromatic rings. The number of rotatable bonds is 0. The SMILES string of the molecule is Cl[C@H]1C[C@H]2C[C@H]1[C@H]1CCC[C@@H]21. The van der Waals surface area contributed by atoms with Gasteiger partial charge < -0.3 is 0 Å². The summed E-state index contributed by atoms with van der Waals surface area (Å²) >= 11 is 6.28. The molecule has 0 heterocycles. The Labute approximate surface area is 73.3 Å². The van der Waals surface area contributed by atoms with Crippen LogP contribution in [0.3, 0.4) is 0 Å². The maximum atomic E-state index is 6.28. The lowest BCUT2D eigenvalue weighted by Crippen LogP contribution is -2.24. The number of hydrogen-bond donors (Lipinski definition) is 0. The molecule has 0 aromatic heterocycles. The Balaban J connectivity index is 1.90. The fraction of sp³-hybridized carbons (Fsp3) is 1.00. The van der Waals surface area contributed by atoms with Gasteiger partial charge in [0.1, 0.15) is 0 Å². The smallest absolute Gasteiger partial charge is 0.0369 e. The summed E-state index contributed by atoms with van der Waals surface area (Å²) in [7, 11) is 0. The first-order valence-electron chi connectivity index (χ1n) is 5.00. The molecule has 3 fully saturated rings. The van der Waals surface area contributed by atoms with Crippen molar-refractivity contribution in [2.24, 2.45) is 23.7 Å². The van der Waals surface area contributed by atoms with Gasteiger partial charge in [0, 0.05) is 5.38 Å². The Hall–Kier alpha value is 0.290. The minimum Gasteiger partial charge on any atom is -0.123 e. The standard InChI is InChI=1S/C10H15Cl/c11-10-5-6-4-9(10)8-3-1-2-7(6)8/h6-10H,1-5H2/t6-,7+,8+,9+,10+/m1/s1. The highest BCUT2D eigenvalue weighted by atomic mass is 35.5. The van der Waals surface area contributed by atoms with Gasteiger partial charge in [-0.2, -0.15) is 0 Å². The van der Waals surface area contributed by atoms with E-state index >= 15 is 0 Å². The molecule has 2 bridgehead atoms. The summed E-state index contributed by atoms with van der Waals surface area (Å²) in [5.41, 5.74) is 0. The first kappa shape index (κ1) is 6.77. The summed E-state index contributed by atoms with van der Waals surface area (Å²) in [6, 6.07) is 0. The lowest BCUT2D eigenvalue weighted by atomic mass is 9.82. The normalized spacial score (nSPS) is 60.3. The number of fused-ring (bicyclic) bond motifs is 5. The van der Waals surface area contributed by atoms with Crippen molar-refractivity contribution in [1.29, 1.82) is 0 Å². The van der Waals surface area contributed by atoms with Gasteiger partial charge in [-0.1, -0.05) is 6.42 Å². The van der Waals surface area contributed by atoms with E-state index in [0.29, 0.717) is 5.38 Å². The molecule has 0 N–H and O–H groups in total. The highest BCUT2D eigenvalue weighted by molar-refractivity contribution is 6.21. The second-order valence-corrected chi connectivity index (χ2v) is 5.23. The predicted octanol–water partition coefficient (Wildman–Crippen LogP) is 3.05. The average Bonchev–Trinajstić information content (AvgIpc) is 2.52. The van der Waals surface area contributed by atoms with Crippen LogP contribution in [0.4, 0.5) is 0 Å². The van der Waals surface area contributed by atoms with E-state index < -0.39 is 0 Å². The van der Waals surface area contributed by atoms with Crippen molar-refractivity contribution in [2.45, 2.75) is 37.5 Å². The summed E-state index contributed by atoms with van der Waals surface area (Å²) in [4.78, 5) is 0. The first-order valence-corrected chi connectivity index (χ1v) is 5.44. The molecule has 5 atom stereocenters. The van der Waals surface area contributed by atoms with Crippen molar-refractivity contribution in [3.05, 3.63) is 0 Å². The fourth-order valence-corrected chi connectivity index (χ4v) is 4.50. The van der Waals surface area contributed by atoms with Crippen LogP contribution in [0.5, 0.6) is 0 Å². The zero-order chi connectivity index (χ0) is 7.42. The van der Waals surface area contributed by atoms with E-state index in [1.54, 1.807) is 0 Å². The molecule has 0 spiro atoms. The molecule has 0 unspecified atom stereocenters. The third kappa shape index (κ3) is 0.771. The van der Waals surface area contributed by atoms with Crippen molar-refractivity contribution in [1.82, 2.24) is 0 Å². The van der Waals surface area contributed by atoms with E-state index in [2.05, 4.69) is 0 Å². The van der Waals surface area contributed by atoms with Gasteiger partial charge >= 0.3 is 0 Å². The van der Waals surface area contributed by atoms with Crippen LogP contribution in [0.25, 0.3) is 0 Å². The quantitative estimate of drug-likeness (QED) is 0.491. The minimum absolute atomic E-state index is 0.555. The van der Waals surface area contributed by atoms with Crippen LogP contribution in [0, 0.1) is 23.7 Å². The maximum Gasteiger partial charge on any atom is 0.0369 e. The Morgan fingerprint density at radius 3 is 2.64 bits per heavy atom. The third-order valence-electron chi connectivity index (χ3n) is 4.35. The zero-order valence-electron chi connectivity index (χ0n) is 6.80. The summed E-state index contributed by atoms with van der Waals surface area (Å²) in [6.45, 7) is 0. The van der Waals surface area contributed by atoms with Crippen LogP contribution in [0.1, 0.15) is 32.1 Å². The summed E-state index contributed by atoms with van der Waals surface area (Å²) < 4.78 is 0. The van der Waals surface area contributed by atoms with E-state index in [9.17, 15) is 0 Å². The van der Waals surface area contributed by atoms with Gasteiger partial charge in [-0.3, -0.25) is 0 Å². The Bertz CT molecular complexity index is 178. The molecule has 0 radical (unpaired) electrons. The molecule has 3 saturated carbocycles. The van der Waals surface area contributed by atoms with E-state index in [0.717, 1.165) is 23.7 Å². The lowest BCUT2D eigenvalue weighted by Gasteiger charge is -2.27. The van der Waals surface area contributed by atoms with Crippen LogP contribution < -0.4 is 0 Å². The molecule has 0 amide bonds. The largest absolute Gasteiger partial charge is 0.123 e.